The van der Waals surface area contributed by atoms with Crippen molar-refractivity contribution in [3.8, 4) is 0 Å². The summed E-state index contributed by atoms with van der Waals surface area (Å²) in [5.41, 5.74) is 1.30. The second-order valence-electron chi connectivity index (χ2n) is 4.07. The fourth-order valence-electron chi connectivity index (χ4n) is 1.91. The second kappa shape index (κ2) is 4.43. The van der Waals surface area contributed by atoms with Crippen LogP contribution in [0.2, 0.25) is 0 Å². The smallest absolute Gasteiger partial charge is 0.338 e. The Bertz CT molecular complexity index is 762. The third-order valence-corrected chi connectivity index (χ3v) is 3.65. The van der Waals surface area contributed by atoms with E-state index < -0.39 is 5.97 Å². The largest absolute Gasteiger partial charge is 0.478 e. The van der Waals surface area contributed by atoms with E-state index in [1.807, 2.05) is 13.0 Å². The van der Waals surface area contributed by atoms with Crippen molar-refractivity contribution in [1.82, 2.24) is 20.0 Å². The van der Waals surface area contributed by atoms with Gasteiger partial charge in [-0.3, -0.25) is 0 Å². The number of fused-ring (bicyclic) bond motifs is 1. The van der Waals surface area contributed by atoms with E-state index in [1.54, 1.807) is 28.3 Å². The lowest BCUT2D eigenvalue weighted by atomic mass is 10.2. The molecule has 0 radical (unpaired) electrons. The zero-order valence-electron chi connectivity index (χ0n) is 10.1. The van der Waals surface area contributed by atoms with E-state index in [2.05, 4.69) is 15.3 Å². The number of thiazole rings is 1. The number of nitrogens with zero attached hydrogens (tertiary/aromatic N) is 4. The molecule has 2 aromatic heterocycles. The normalized spacial score (nSPS) is 11.0. The molecule has 7 heteroatoms. The summed E-state index contributed by atoms with van der Waals surface area (Å²) in [4.78, 5) is 16.3. The number of rotatable bonds is 3. The number of carboxylic acids is 1. The summed E-state index contributed by atoms with van der Waals surface area (Å²) in [5, 5.41) is 18.1. The van der Waals surface area contributed by atoms with Gasteiger partial charge >= 0.3 is 5.97 Å². The fraction of sp³-hybridized carbons (Fsp3) is 0.167. The third-order valence-electron chi connectivity index (χ3n) is 2.75. The van der Waals surface area contributed by atoms with Gasteiger partial charge in [0, 0.05) is 11.1 Å². The van der Waals surface area contributed by atoms with Gasteiger partial charge in [0.25, 0.3) is 0 Å². The Hall–Kier alpha value is -2.28. The molecule has 3 aromatic rings. The molecule has 6 nitrogen and oxygen atoms in total. The lowest BCUT2D eigenvalue weighted by molar-refractivity contribution is 0.0699. The van der Waals surface area contributed by atoms with Crippen LogP contribution in [0.3, 0.4) is 0 Å². The summed E-state index contributed by atoms with van der Waals surface area (Å²) < 4.78 is 1.69. The molecule has 0 fully saturated rings. The molecule has 0 saturated heterocycles. The molecule has 3 rings (SSSR count). The van der Waals surface area contributed by atoms with E-state index in [1.165, 1.54) is 6.07 Å². The number of hydrogen-bond donors (Lipinski definition) is 1. The molecule has 0 spiro atoms. The van der Waals surface area contributed by atoms with Gasteiger partial charge in [-0.05, 0) is 19.1 Å². The summed E-state index contributed by atoms with van der Waals surface area (Å²) in [7, 11) is 0. The van der Waals surface area contributed by atoms with Crippen LogP contribution in [0.5, 0.6) is 0 Å². The van der Waals surface area contributed by atoms with E-state index in [9.17, 15) is 4.79 Å². The molecule has 0 aliphatic carbocycles. The van der Waals surface area contributed by atoms with E-state index in [-0.39, 0.29) is 5.56 Å². The molecule has 0 bridgehead atoms. The Labute approximate surface area is 112 Å². The van der Waals surface area contributed by atoms with E-state index in [0.717, 1.165) is 9.88 Å². The molecule has 0 aliphatic heterocycles. The summed E-state index contributed by atoms with van der Waals surface area (Å²) in [6.07, 6.45) is 1.80. The predicted molar refractivity (Wildman–Crippen MR) is 70.4 cm³/mol. The molecule has 19 heavy (non-hydrogen) atoms. The van der Waals surface area contributed by atoms with Crippen molar-refractivity contribution in [3.63, 3.8) is 0 Å². The van der Waals surface area contributed by atoms with Gasteiger partial charge in [0.05, 0.1) is 22.6 Å². The highest BCUT2D eigenvalue weighted by Gasteiger charge is 2.14. The van der Waals surface area contributed by atoms with Gasteiger partial charge in [0.15, 0.2) is 0 Å². The Balaban J connectivity index is 2.06. The Morgan fingerprint density at radius 1 is 1.47 bits per heavy atom. The minimum Gasteiger partial charge on any atom is -0.478 e. The number of benzene rings is 1. The summed E-state index contributed by atoms with van der Waals surface area (Å²) in [5.74, 6) is -0.994. The number of hydrogen-bond acceptors (Lipinski definition) is 5. The van der Waals surface area contributed by atoms with Crippen molar-refractivity contribution >= 4 is 28.3 Å². The molecule has 0 amide bonds. The van der Waals surface area contributed by atoms with Crippen molar-refractivity contribution in [1.29, 1.82) is 0 Å². The first-order chi connectivity index (χ1) is 9.15. The summed E-state index contributed by atoms with van der Waals surface area (Å²) in [6.45, 7) is 2.49. The maximum Gasteiger partial charge on any atom is 0.338 e. The summed E-state index contributed by atoms with van der Waals surface area (Å²) in [6, 6.07) is 5.04. The van der Waals surface area contributed by atoms with Crippen molar-refractivity contribution in [3.05, 3.63) is 39.8 Å². The highest BCUT2D eigenvalue weighted by atomic mass is 32.1. The van der Waals surface area contributed by atoms with E-state index >= 15 is 0 Å². The maximum atomic E-state index is 11.1. The molecule has 1 N–H and O–H groups in total. The van der Waals surface area contributed by atoms with Gasteiger partial charge in [-0.15, -0.1) is 16.4 Å². The first kappa shape index (κ1) is 11.8. The topological polar surface area (TPSA) is 80.9 Å². The summed E-state index contributed by atoms with van der Waals surface area (Å²) >= 11 is 1.59. The molecule has 96 valence electrons. The van der Waals surface area contributed by atoms with Gasteiger partial charge in [-0.1, -0.05) is 11.3 Å². The Kier molecular flexibility index (Phi) is 2.75. The maximum absolute atomic E-state index is 11.1. The predicted octanol–water partition coefficient (Wildman–Crippen LogP) is 1.94. The van der Waals surface area contributed by atoms with Crippen LogP contribution in [0.25, 0.3) is 11.0 Å². The zero-order valence-corrected chi connectivity index (χ0v) is 10.9. The van der Waals surface area contributed by atoms with Gasteiger partial charge < -0.3 is 5.11 Å². The lowest BCUT2D eigenvalue weighted by Gasteiger charge is -1.99. The van der Waals surface area contributed by atoms with Gasteiger partial charge in [-0.25, -0.2) is 14.5 Å². The fourth-order valence-corrected chi connectivity index (χ4v) is 2.68. The minimum atomic E-state index is -0.994. The van der Waals surface area contributed by atoms with Crippen molar-refractivity contribution < 1.29 is 9.90 Å². The Morgan fingerprint density at radius 3 is 3.00 bits per heavy atom. The van der Waals surface area contributed by atoms with Crippen LogP contribution in [0.15, 0.2) is 24.4 Å². The zero-order chi connectivity index (χ0) is 13.4. The standard InChI is InChI=1S/C12H10N4O2S/c1-7-13-5-8(19-7)6-16-10-4-2-3-9(12(17)18)11(10)14-15-16/h2-5H,6H2,1H3,(H,17,18). The molecular weight excluding hydrogens is 264 g/mol. The first-order valence-electron chi connectivity index (χ1n) is 5.62. The molecule has 1 aromatic carbocycles. The number of carbonyl (C=O) groups is 1. The van der Waals surface area contributed by atoms with Gasteiger partial charge in [-0.2, -0.15) is 0 Å². The number of aromatic nitrogens is 4. The van der Waals surface area contributed by atoms with Gasteiger partial charge in [0.2, 0.25) is 0 Å². The highest BCUT2D eigenvalue weighted by molar-refractivity contribution is 7.11. The number of aromatic carboxylic acids is 1. The molecular formula is C12H10N4O2S. The molecule has 0 atom stereocenters. The van der Waals surface area contributed by atoms with Crippen LogP contribution in [-0.2, 0) is 6.54 Å². The lowest BCUT2D eigenvalue weighted by Crippen LogP contribution is -2.00. The van der Waals surface area contributed by atoms with Crippen molar-refractivity contribution in [2.24, 2.45) is 0 Å². The number of aryl methyl sites for hydroxylation is 1. The first-order valence-corrected chi connectivity index (χ1v) is 6.43. The second-order valence-corrected chi connectivity index (χ2v) is 5.39. The molecule has 0 unspecified atom stereocenters. The SMILES string of the molecule is Cc1ncc(Cn2nnc3c(C(=O)O)cccc32)s1. The van der Waals surface area contributed by atoms with E-state index in [0.29, 0.717) is 17.6 Å². The van der Waals surface area contributed by atoms with Crippen LogP contribution < -0.4 is 0 Å². The van der Waals surface area contributed by atoms with Crippen LogP contribution >= 0.6 is 11.3 Å². The van der Waals surface area contributed by atoms with Crippen LogP contribution in [0.1, 0.15) is 20.2 Å². The molecule has 0 aliphatic rings. The van der Waals surface area contributed by atoms with Crippen molar-refractivity contribution in [2.75, 3.05) is 0 Å². The monoisotopic (exact) mass is 274 g/mol. The van der Waals surface area contributed by atoms with Crippen molar-refractivity contribution in [2.45, 2.75) is 13.5 Å². The third kappa shape index (κ3) is 2.08. The molecule has 2 heterocycles. The number of carboxylic acid groups (broad SMARTS) is 1. The average molecular weight is 274 g/mol. The van der Waals surface area contributed by atoms with Crippen LogP contribution in [0, 0.1) is 6.92 Å². The van der Waals surface area contributed by atoms with Gasteiger partial charge in [0.1, 0.15) is 5.52 Å². The average Bonchev–Trinajstić information content (AvgIpc) is 2.97. The highest BCUT2D eigenvalue weighted by Crippen LogP contribution is 2.19. The Morgan fingerprint density at radius 2 is 2.32 bits per heavy atom. The van der Waals surface area contributed by atoms with Crippen LogP contribution in [0.4, 0.5) is 0 Å². The quantitative estimate of drug-likeness (QED) is 0.789. The molecule has 0 saturated carbocycles. The van der Waals surface area contributed by atoms with E-state index in [4.69, 9.17) is 5.11 Å². The minimum absolute atomic E-state index is 0.171. The van der Waals surface area contributed by atoms with Crippen LogP contribution in [-0.4, -0.2) is 31.1 Å².